The van der Waals surface area contributed by atoms with Gasteiger partial charge in [-0.2, -0.15) is 0 Å². The molecule has 6 heterocycles. The summed E-state index contributed by atoms with van der Waals surface area (Å²) in [6, 6.07) is -3.20. The standard InChI is InChI=1S/C40H68N2O31/c1-9(47)41-17-23(53)32(13(5-45)65-35(17)62)71-36-18(42-10(2)48)24(54)33(14(6-46)68-36)72-40-30(60)27(57)21(51)15(70-40)7-64-38-31(61)34(73-39-29(59)26(56)20(50)12(4-44)67-39)22(52)16(69-38)8-63-37-28(58)25(55)19(49)11(3-43)66-37/h11-40,43-46,49-62H,3-8H2,1-2H3,(H,41,47)(H,42,48)/t11-,12-,13-,14-,15-,16-,17-,18-,19-,20-,21-,22-,23-,24-,25+,26+,27+,28+,29+,30+,31+,32-,33-,34+,35-,36+,37+,38-,39-,40+/m1/s1. The van der Waals surface area contributed by atoms with Gasteiger partial charge < -0.3 is 155 Å². The summed E-state index contributed by atoms with van der Waals surface area (Å²) in [5.74, 6) is -1.51. The zero-order valence-electron chi connectivity index (χ0n) is 38.9. The Balaban J connectivity index is 1.19. The second-order valence-electron chi connectivity index (χ2n) is 18.3. The van der Waals surface area contributed by atoms with Gasteiger partial charge in [0.15, 0.2) is 37.7 Å². The quantitative estimate of drug-likeness (QED) is 0.0606. The molecule has 0 aliphatic carbocycles. The van der Waals surface area contributed by atoms with Gasteiger partial charge in [-0.15, -0.1) is 0 Å². The Bertz CT molecular complexity index is 1750. The van der Waals surface area contributed by atoms with Gasteiger partial charge in [-0.1, -0.05) is 0 Å². The van der Waals surface area contributed by atoms with E-state index in [4.69, 9.17) is 52.1 Å². The summed E-state index contributed by atoms with van der Waals surface area (Å²) in [4.78, 5) is 24.3. The highest BCUT2D eigenvalue weighted by molar-refractivity contribution is 5.73. The lowest BCUT2D eigenvalue weighted by Gasteiger charge is -2.49. The fourth-order valence-corrected chi connectivity index (χ4v) is 9.11. The van der Waals surface area contributed by atoms with Crippen LogP contribution in [0.1, 0.15) is 13.8 Å². The summed E-state index contributed by atoms with van der Waals surface area (Å²) in [6.45, 7) is -3.29. The molecular weight excluding hydrogens is 1000 g/mol. The molecule has 6 saturated heterocycles. The second-order valence-corrected chi connectivity index (χ2v) is 18.3. The van der Waals surface area contributed by atoms with Crippen molar-refractivity contribution >= 4 is 11.8 Å². The first kappa shape index (κ1) is 60.0. The lowest BCUT2D eigenvalue weighted by Crippen LogP contribution is -2.70. The molecule has 0 aromatic carbocycles. The van der Waals surface area contributed by atoms with Crippen LogP contribution in [0.25, 0.3) is 0 Å². The molecule has 0 spiro atoms. The van der Waals surface area contributed by atoms with E-state index in [1.807, 2.05) is 0 Å². The number of aliphatic hydroxyl groups is 18. The fraction of sp³-hybridized carbons (Fsp3) is 0.950. The monoisotopic (exact) mass is 1070 g/mol. The third kappa shape index (κ3) is 13.2. The summed E-state index contributed by atoms with van der Waals surface area (Å²) in [5, 5.41) is 196. The largest absolute Gasteiger partial charge is 0.394 e. The molecule has 33 heteroatoms. The number of hydrogen-bond acceptors (Lipinski definition) is 31. The highest BCUT2D eigenvalue weighted by Gasteiger charge is 2.56. The fourth-order valence-electron chi connectivity index (χ4n) is 9.11. The van der Waals surface area contributed by atoms with Crippen molar-refractivity contribution in [2.75, 3.05) is 39.6 Å². The molecule has 6 rings (SSSR count). The third-order valence-electron chi connectivity index (χ3n) is 13.2. The van der Waals surface area contributed by atoms with E-state index in [-0.39, 0.29) is 0 Å². The van der Waals surface area contributed by atoms with E-state index in [1.54, 1.807) is 0 Å². The number of hydrogen-bond donors (Lipinski definition) is 20. The molecule has 0 bridgehead atoms. The zero-order valence-corrected chi connectivity index (χ0v) is 38.9. The van der Waals surface area contributed by atoms with E-state index in [0.29, 0.717) is 0 Å². The van der Waals surface area contributed by atoms with Crippen LogP contribution in [0.2, 0.25) is 0 Å². The number of carbonyl (C=O) groups is 2. The first-order valence-electron chi connectivity index (χ1n) is 23.1. The predicted molar refractivity (Wildman–Crippen MR) is 222 cm³/mol. The number of rotatable bonds is 18. The maximum Gasteiger partial charge on any atom is 0.217 e. The zero-order chi connectivity index (χ0) is 53.9. The molecule has 6 fully saturated rings. The van der Waals surface area contributed by atoms with E-state index in [9.17, 15) is 102 Å². The molecule has 0 unspecified atom stereocenters. The number of aliphatic hydroxyl groups excluding tert-OH is 18. The predicted octanol–water partition coefficient (Wildman–Crippen LogP) is -13.8. The Morgan fingerprint density at radius 2 is 0.699 bits per heavy atom. The minimum atomic E-state index is -2.16. The molecule has 0 aromatic rings. The molecule has 20 N–H and O–H groups in total. The average Bonchev–Trinajstić information content (AvgIpc) is 3.35. The van der Waals surface area contributed by atoms with Crippen molar-refractivity contribution in [1.29, 1.82) is 0 Å². The molecule has 424 valence electrons. The van der Waals surface area contributed by atoms with Gasteiger partial charge in [0.25, 0.3) is 0 Å². The normalized spacial score (nSPS) is 49.8. The molecule has 30 atom stereocenters. The van der Waals surface area contributed by atoms with Crippen LogP contribution in [-0.2, 0) is 61.7 Å². The van der Waals surface area contributed by atoms with Crippen molar-refractivity contribution in [2.45, 2.75) is 198 Å². The first-order chi connectivity index (χ1) is 34.5. The third-order valence-corrected chi connectivity index (χ3v) is 13.2. The number of nitrogens with one attached hydrogen (secondary N) is 2. The van der Waals surface area contributed by atoms with Gasteiger partial charge in [0.2, 0.25) is 11.8 Å². The molecule has 0 aromatic heterocycles. The van der Waals surface area contributed by atoms with Crippen LogP contribution in [-0.4, -0.2) is 327 Å². The van der Waals surface area contributed by atoms with E-state index >= 15 is 0 Å². The van der Waals surface area contributed by atoms with Gasteiger partial charge in [-0.25, -0.2) is 0 Å². The van der Waals surface area contributed by atoms with Crippen molar-refractivity contribution < 1.29 is 154 Å². The summed E-state index contributed by atoms with van der Waals surface area (Å²) >= 11 is 0. The van der Waals surface area contributed by atoms with Gasteiger partial charge in [-0.3, -0.25) is 9.59 Å². The number of carbonyl (C=O) groups excluding carboxylic acids is 2. The van der Waals surface area contributed by atoms with Crippen molar-refractivity contribution in [2.24, 2.45) is 0 Å². The van der Waals surface area contributed by atoms with E-state index in [1.165, 1.54) is 0 Å². The van der Waals surface area contributed by atoms with E-state index < -0.39 is 236 Å². The van der Waals surface area contributed by atoms with Gasteiger partial charge in [-0.05, 0) is 0 Å². The van der Waals surface area contributed by atoms with E-state index in [2.05, 4.69) is 10.6 Å². The van der Waals surface area contributed by atoms with Crippen molar-refractivity contribution in [3.05, 3.63) is 0 Å². The molecule has 0 radical (unpaired) electrons. The Labute approximate surface area is 413 Å². The number of ether oxygens (including phenoxy) is 11. The lowest BCUT2D eigenvalue weighted by molar-refractivity contribution is -0.376. The van der Waals surface area contributed by atoms with Crippen LogP contribution in [0.5, 0.6) is 0 Å². The van der Waals surface area contributed by atoms with Crippen LogP contribution in [0.3, 0.4) is 0 Å². The van der Waals surface area contributed by atoms with Crippen LogP contribution in [0, 0.1) is 0 Å². The van der Waals surface area contributed by atoms with Crippen LogP contribution >= 0.6 is 0 Å². The minimum absolute atomic E-state index is 0.702. The lowest BCUT2D eigenvalue weighted by atomic mass is 9.94. The molecular formula is C40H68N2O31. The van der Waals surface area contributed by atoms with Gasteiger partial charge >= 0.3 is 0 Å². The smallest absolute Gasteiger partial charge is 0.217 e. The Morgan fingerprint density at radius 1 is 0.356 bits per heavy atom. The van der Waals surface area contributed by atoms with E-state index in [0.717, 1.165) is 13.8 Å². The maximum atomic E-state index is 12.4. The Morgan fingerprint density at radius 3 is 1.19 bits per heavy atom. The van der Waals surface area contributed by atoms with Gasteiger partial charge in [0.1, 0.15) is 146 Å². The SMILES string of the molecule is CC(=O)N[C@@H]1[C@@H](O)[C@H](O[C@@H]2O[C@H](CO)[C@@H](O[C@@H]3O[C@H](CO[C@@H]4O[C@H](CO[C@H]5O[C@H](CO)[C@@H](O)[C@H](O)[C@@H]5O)[C@@H](O)[C@H](O[C@H]5O[C@H](CO)[C@@H](O)[C@H](O)[C@@H]5O)[C@@H]4O)[C@@H](O)[C@H](O)[C@@H]3O)[C@H](O)[C@H]2NC(C)=O)[C@@H](CO)O[C@H]1O. The Hall–Kier alpha value is -2.22. The van der Waals surface area contributed by atoms with Crippen molar-refractivity contribution in [3.8, 4) is 0 Å². The first-order valence-corrected chi connectivity index (χ1v) is 23.1. The topological polar surface area (TPSA) is 524 Å². The molecule has 2 amide bonds. The molecule has 0 saturated carbocycles. The average molecular weight is 1070 g/mol. The summed E-state index contributed by atoms with van der Waals surface area (Å²) in [7, 11) is 0. The molecule has 33 nitrogen and oxygen atoms in total. The highest BCUT2D eigenvalue weighted by Crippen LogP contribution is 2.35. The molecule has 73 heavy (non-hydrogen) atoms. The molecule has 6 aliphatic rings. The van der Waals surface area contributed by atoms with Crippen LogP contribution in [0.4, 0.5) is 0 Å². The summed E-state index contributed by atoms with van der Waals surface area (Å²) in [5.41, 5.74) is 0. The van der Waals surface area contributed by atoms with Gasteiger partial charge in [0, 0.05) is 13.8 Å². The summed E-state index contributed by atoms with van der Waals surface area (Å²) < 4.78 is 62.1. The Kier molecular flexibility index (Phi) is 21.3. The van der Waals surface area contributed by atoms with Gasteiger partial charge in [0.05, 0.1) is 39.6 Å². The second kappa shape index (κ2) is 26.0. The highest BCUT2D eigenvalue weighted by atomic mass is 16.8. The van der Waals surface area contributed by atoms with Crippen LogP contribution < -0.4 is 10.6 Å². The van der Waals surface area contributed by atoms with Crippen LogP contribution in [0.15, 0.2) is 0 Å². The minimum Gasteiger partial charge on any atom is -0.394 e. The van der Waals surface area contributed by atoms with Crippen molar-refractivity contribution in [1.82, 2.24) is 10.6 Å². The maximum absolute atomic E-state index is 12.4. The summed E-state index contributed by atoms with van der Waals surface area (Å²) in [6.07, 6.45) is -52.5. The van der Waals surface area contributed by atoms with Crippen molar-refractivity contribution in [3.63, 3.8) is 0 Å². The number of amides is 2. The molecule has 6 aliphatic heterocycles.